The van der Waals surface area contributed by atoms with E-state index in [1.165, 1.54) is 30.5 Å². The number of piperazine rings is 1. The van der Waals surface area contributed by atoms with E-state index in [1.807, 2.05) is 11.1 Å². The van der Waals surface area contributed by atoms with Crippen LogP contribution < -0.4 is 10.2 Å². The van der Waals surface area contributed by atoms with Crippen molar-refractivity contribution in [2.75, 3.05) is 31.1 Å². The summed E-state index contributed by atoms with van der Waals surface area (Å²) in [5.41, 5.74) is 2.27. The molecule has 0 unspecified atom stereocenters. The number of carbonyl (C=O) groups is 1. The quantitative estimate of drug-likeness (QED) is 0.932. The standard InChI is InChI=1S/C17H22FN3O/c1-13(14-2-3-14)12-19-17(22)21-10-8-20(9-11-21)16-6-4-15(18)5-7-16/h4-7,12,14H,2-3,8-11H2,1H3,(H,19,22)/b13-12+. The van der Waals surface area contributed by atoms with E-state index in [-0.39, 0.29) is 11.8 Å². The second kappa shape index (κ2) is 6.38. The van der Waals surface area contributed by atoms with Gasteiger partial charge in [0.1, 0.15) is 5.82 Å². The molecule has 118 valence electrons. The molecule has 1 N–H and O–H groups in total. The summed E-state index contributed by atoms with van der Waals surface area (Å²) in [7, 11) is 0. The zero-order valence-electron chi connectivity index (χ0n) is 12.9. The van der Waals surface area contributed by atoms with Crippen molar-refractivity contribution in [2.45, 2.75) is 19.8 Å². The van der Waals surface area contributed by atoms with Crippen LogP contribution in [0.4, 0.5) is 14.9 Å². The van der Waals surface area contributed by atoms with Gasteiger partial charge in [0.2, 0.25) is 0 Å². The van der Waals surface area contributed by atoms with E-state index < -0.39 is 0 Å². The maximum atomic E-state index is 12.9. The average molecular weight is 303 g/mol. The molecule has 1 aliphatic heterocycles. The highest BCUT2D eigenvalue weighted by Crippen LogP contribution is 2.35. The topological polar surface area (TPSA) is 35.6 Å². The lowest BCUT2D eigenvalue weighted by Crippen LogP contribution is -2.51. The number of amides is 2. The molecule has 0 bridgehead atoms. The second-order valence-electron chi connectivity index (χ2n) is 6.06. The van der Waals surface area contributed by atoms with E-state index in [1.54, 1.807) is 12.1 Å². The smallest absolute Gasteiger partial charge is 0.321 e. The number of halogens is 1. The zero-order valence-corrected chi connectivity index (χ0v) is 12.9. The van der Waals surface area contributed by atoms with Crippen LogP contribution in [0.3, 0.4) is 0 Å². The van der Waals surface area contributed by atoms with E-state index in [0.717, 1.165) is 18.8 Å². The molecule has 1 heterocycles. The van der Waals surface area contributed by atoms with Crippen LogP contribution in [0.5, 0.6) is 0 Å². The van der Waals surface area contributed by atoms with E-state index in [0.29, 0.717) is 19.0 Å². The van der Waals surface area contributed by atoms with Gasteiger partial charge in [-0.1, -0.05) is 5.57 Å². The highest BCUT2D eigenvalue weighted by molar-refractivity contribution is 5.75. The molecule has 2 amide bonds. The minimum Gasteiger partial charge on any atom is -0.368 e. The molecule has 0 spiro atoms. The van der Waals surface area contributed by atoms with Gasteiger partial charge >= 0.3 is 6.03 Å². The molecule has 22 heavy (non-hydrogen) atoms. The maximum Gasteiger partial charge on any atom is 0.321 e. The number of urea groups is 1. The number of benzene rings is 1. The van der Waals surface area contributed by atoms with Crippen LogP contribution in [0.15, 0.2) is 36.0 Å². The summed E-state index contributed by atoms with van der Waals surface area (Å²) in [5, 5.41) is 2.89. The van der Waals surface area contributed by atoms with Crippen molar-refractivity contribution in [1.29, 1.82) is 0 Å². The highest BCUT2D eigenvalue weighted by Gasteiger charge is 2.24. The van der Waals surface area contributed by atoms with Crippen molar-refractivity contribution in [2.24, 2.45) is 5.92 Å². The van der Waals surface area contributed by atoms with E-state index in [9.17, 15) is 9.18 Å². The van der Waals surface area contributed by atoms with Gasteiger partial charge in [0.15, 0.2) is 0 Å². The number of anilines is 1. The first-order valence-electron chi connectivity index (χ1n) is 7.86. The molecule has 0 atom stereocenters. The van der Waals surface area contributed by atoms with Crippen molar-refractivity contribution in [3.63, 3.8) is 0 Å². The summed E-state index contributed by atoms with van der Waals surface area (Å²) in [6.07, 6.45) is 4.34. The second-order valence-corrected chi connectivity index (χ2v) is 6.06. The maximum absolute atomic E-state index is 12.9. The monoisotopic (exact) mass is 303 g/mol. The first kappa shape index (κ1) is 14.9. The van der Waals surface area contributed by atoms with Crippen molar-refractivity contribution < 1.29 is 9.18 Å². The van der Waals surface area contributed by atoms with Crippen LogP contribution in [-0.4, -0.2) is 37.1 Å². The largest absolute Gasteiger partial charge is 0.368 e. The van der Waals surface area contributed by atoms with Gasteiger partial charge in [0.05, 0.1) is 0 Å². The molecule has 4 nitrogen and oxygen atoms in total. The molecule has 1 aromatic carbocycles. The van der Waals surface area contributed by atoms with Crippen molar-refractivity contribution in [3.8, 4) is 0 Å². The fourth-order valence-corrected chi connectivity index (χ4v) is 2.74. The van der Waals surface area contributed by atoms with Gasteiger partial charge in [-0.05, 0) is 49.9 Å². The van der Waals surface area contributed by atoms with Gasteiger partial charge in [-0.15, -0.1) is 0 Å². The van der Waals surface area contributed by atoms with Gasteiger partial charge < -0.3 is 15.1 Å². The predicted molar refractivity (Wildman–Crippen MR) is 85.2 cm³/mol. The Morgan fingerprint density at radius 3 is 2.41 bits per heavy atom. The molecule has 2 fully saturated rings. The summed E-state index contributed by atoms with van der Waals surface area (Å²) >= 11 is 0. The Morgan fingerprint density at radius 1 is 1.18 bits per heavy atom. The minimum atomic E-state index is -0.223. The van der Waals surface area contributed by atoms with Crippen LogP contribution in [-0.2, 0) is 0 Å². The number of allylic oxidation sites excluding steroid dienone is 1. The molecule has 2 aliphatic rings. The summed E-state index contributed by atoms with van der Waals surface area (Å²) in [6, 6.07) is 6.48. The minimum absolute atomic E-state index is 0.0289. The Morgan fingerprint density at radius 2 is 1.82 bits per heavy atom. The van der Waals surface area contributed by atoms with Gasteiger partial charge in [-0.3, -0.25) is 0 Å². The number of hydrogen-bond donors (Lipinski definition) is 1. The summed E-state index contributed by atoms with van der Waals surface area (Å²) in [6.45, 7) is 4.97. The molecular formula is C17H22FN3O. The average Bonchev–Trinajstić information content (AvgIpc) is 3.38. The van der Waals surface area contributed by atoms with Crippen LogP contribution in [0.25, 0.3) is 0 Å². The lowest BCUT2D eigenvalue weighted by atomic mass is 10.2. The van der Waals surface area contributed by atoms with E-state index in [4.69, 9.17) is 0 Å². The first-order valence-corrected chi connectivity index (χ1v) is 7.86. The molecule has 1 saturated heterocycles. The number of nitrogens with one attached hydrogen (secondary N) is 1. The van der Waals surface area contributed by atoms with Crippen LogP contribution in [0, 0.1) is 11.7 Å². The van der Waals surface area contributed by atoms with Gasteiger partial charge in [0, 0.05) is 38.1 Å². The lowest BCUT2D eigenvalue weighted by molar-refractivity contribution is 0.198. The fraction of sp³-hybridized carbons (Fsp3) is 0.471. The van der Waals surface area contributed by atoms with Crippen LogP contribution >= 0.6 is 0 Å². The van der Waals surface area contributed by atoms with Crippen molar-refractivity contribution in [3.05, 3.63) is 41.9 Å². The normalized spacial score (nSPS) is 19.3. The predicted octanol–water partition coefficient (Wildman–Crippen LogP) is 2.97. The lowest BCUT2D eigenvalue weighted by Gasteiger charge is -2.35. The summed E-state index contributed by atoms with van der Waals surface area (Å²) < 4.78 is 12.9. The van der Waals surface area contributed by atoms with Crippen LogP contribution in [0.1, 0.15) is 19.8 Å². The SMILES string of the molecule is C/C(=C\NC(=O)N1CCN(c2ccc(F)cc2)CC1)C1CC1. The third kappa shape index (κ3) is 3.59. The number of hydrogen-bond acceptors (Lipinski definition) is 2. The molecule has 1 aliphatic carbocycles. The Bertz CT molecular complexity index is 558. The van der Waals surface area contributed by atoms with Gasteiger partial charge in [0.25, 0.3) is 0 Å². The fourth-order valence-electron chi connectivity index (χ4n) is 2.74. The molecule has 1 aromatic rings. The van der Waals surface area contributed by atoms with E-state index in [2.05, 4.69) is 17.1 Å². The molecule has 0 radical (unpaired) electrons. The summed E-state index contributed by atoms with van der Waals surface area (Å²) in [4.78, 5) is 16.1. The Hall–Kier alpha value is -2.04. The summed E-state index contributed by atoms with van der Waals surface area (Å²) in [5.74, 6) is 0.454. The third-order valence-electron chi connectivity index (χ3n) is 4.40. The van der Waals surface area contributed by atoms with Crippen molar-refractivity contribution in [1.82, 2.24) is 10.2 Å². The Kier molecular flexibility index (Phi) is 4.32. The molecule has 1 saturated carbocycles. The molecule has 5 heteroatoms. The zero-order chi connectivity index (χ0) is 15.5. The highest BCUT2D eigenvalue weighted by atomic mass is 19.1. The van der Waals surface area contributed by atoms with Crippen LogP contribution in [0.2, 0.25) is 0 Å². The number of rotatable bonds is 3. The molecule has 3 rings (SSSR count). The van der Waals surface area contributed by atoms with Crippen molar-refractivity contribution >= 4 is 11.7 Å². The Labute approximate surface area is 130 Å². The first-order chi connectivity index (χ1) is 10.6. The van der Waals surface area contributed by atoms with E-state index >= 15 is 0 Å². The molecular weight excluding hydrogens is 281 g/mol. The number of carbonyl (C=O) groups excluding carboxylic acids is 1. The Balaban J connectivity index is 1.49. The van der Waals surface area contributed by atoms with Gasteiger partial charge in [-0.25, -0.2) is 9.18 Å². The molecule has 0 aromatic heterocycles. The number of nitrogens with zero attached hydrogens (tertiary/aromatic N) is 2. The van der Waals surface area contributed by atoms with Gasteiger partial charge in [-0.2, -0.15) is 0 Å². The third-order valence-corrected chi connectivity index (χ3v) is 4.40.